The molecule has 4 rings (SSSR count). The van der Waals surface area contributed by atoms with E-state index in [4.69, 9.17) is 9.47 Å². The second-order valence-electron chi connectivity index (χ2n) is 7.82. The summed E-state index contributed by atoms with van der Waals surface area (Å²) in [7, 11) is 0. The number of hydrogen-bond donors (Lipinski definition) is 2. The minimum Gasteiger partial charge on any atom is -0.490 e. The maximum absolute atomic E-state index is 12.4. The molecule has 1 aromatic heterocycles. The highest BCUT2D eigenvalue weighted by Gasteiger charge is 2.13. The summed E-state index contributed by atoms with van der Waals surface area (Å²) in [4.78, 5) is 24.7. The first-order valence-electron chi connectivity index (χ1n) is 11.5. The molecule has 0 spiro atoms. The van der Waals surface area contributed by atoms with Gasteiger partial charge < -0.3 is 9.47 Å². The van der Waals surface area contributed by atoms with Gasteiger partial charge in [0.05, 0.1) is 12.6 Å². The lowest BCUT2D eigenvalue weighted by Gasteiger charge is -2.08. The van der Waals surface area contributed by atoms with Crippen LogP contribution in [0.4, 0.5) is 5.13 Å². The standard InChI is InChI=1S/C27H25N5O4S/c1-19-8-5-6-13-23(19)26(34)29-27-32-31-25(37-27)17-24(33)30-28-18-20-9-7-12-22(16-20)36-15-14-35-21-10-3-2-4-11-21/h2-13,16,18H,14-15,17H2,1H3,(H,30,33)(H,29,32,34). The Kier molecular flexibility index (Phi) is 8.92. The Morgan fingerprint density at radius 1 is 0.919 bits per heavy atom. The number of carbonyl (C=O) groups excluding carboxylic acids is 2. The molecule has 0 atom stereocenters. The molecule has 9 nitrogen and oxygen atoms in total. The Morgan fingerprint density at radius 2 is 1.65 bits per heavy atom. The van der Waals surface area contributed by atoms with Crippen LogP contribution in [0, 0.1) is 6.92 Å². The normalized spacial score (nSPS) is 10.7. The maximum atomic E-state index is 12.4. The predicted molar refractivity (Wildman–Crippen MR) is 142 cm³/mol. The summed E-state index contributed by atoms with van der Waals surface area (Å²) in [5.74, 6) is 0.833. The number of para-hydroxylation sites is 1. The van der Waals surface area contributed by atoms with Crippen molar-refractivity contribution in [3.8, 4) is 11.5 Å². The van der Waals surface area contributed by atoms with Gasteiger partial charge in [0.25, 0.3) is 5.91 Å². The number of aryl methyl sites for hydroxylation is 1. The number of rotatable bonds is 11. The summed E-state index contributed by atoms with van der Waals surface area (Å²) in [5, 5.41) is 15.4. The lowest BCUT2D eigenvalue weighted by atomic mass is 10.1. The Hall–Kier alpha value is -4.57. The van der Waals surface area contributed by atoms with Gasteiger partial charge in [-0.1, -0.05) is 59.9 Å². The Labute approximate surface area is 218 Å². The molecule has 0 fully saturated rings. The smallest absolute Gasteiger partial charge is 0.257 e. The average molecular weight is 516 g/mol. The molecule has 0 saturated carbocycles. The Morgan fingerprint density at radius 3 is 2.46 bits per heavy atom. The number of hydrogen-bond acceptors (Lipinski definition) is 8. The van der Waals surface area contributed by atoms with Crippen LogP contribution in [0.5, 0.6) is 11.5 Å². The molecular formula is C27H25N5O4S. The molecule has 3 aromatic carbocycles. The van der Waals surface area contributed by atoms with Crippen LogP contribution in [0.15, 0.2) is 84.0 Å². The lowest BCUT2D eigenvalue weighted by Crippen LogP contribution is -2.19. The van der Waals surface area contributed by atoms with Crippen molar-refractivity contribution < 1.29 is 19.1 Å². The minimum atomic E-state index is -0.352. The van der Waals surface area contributed by atoms with Crippen molar-refractivity contribution >= 4 is 34.5 Å². The molecule has 0 saturated heterocycles. The van der Waals surface area contributed by atoms with Gasteiger partial charge in [-0.15, -0.1) is 10.2 Å². The van der Waals surface area contributed by atoms with Crippen molar-refractivity contribution in [2.75, 3.05) is 18.5 Å². The molecule has 1 heterocycles. The summed E-state index contributed by atoms with van der Waals surface area (Å²) in [6, 6.07) is 24.1. The van der Waals surface area contributed by atoms with Crippen molar-refractivity contribution in [3.05, 3.63) is 101 Å². The third-order valence-corrected chi connectivity index (χ3v) is 5.85. The third-order valence-electron chi connectivity index (χ3n) is 5.01. The number of nitrogens with one attached hydrogen (secondary N) is 2. The molecule has 37 heavy (non-hydrogen) atoms. The van der Waals surface area contributed by atoms with E-state index in [-0.39, 0.29) is 18.2 Å². The van der Waals surface area contributed by atoms with Gasteiger partial charge in [-0.05, 0) is 48.4 Å². The molecule has 2 N–H and O–H groups in total. The van der Waals surface area contributed by atoms with Crippen molar-refractivity contribution in [1.29, 1.82) is 0 Å². The van der Waals surface area contributed by atoms with Crippen LogP contribution in [0.2, 0.25) is 0 Å². The zero-order valence-corrected chi connectivity index (χ0v) is 20.9. The largest absolute Gasteiger partial charge is 0.490 e. The zero-order valence-electron chi connectivity index (χ0n) is 20.1. The minimum absolute atomic E-state index is 0.0141. The third kappa shape index (κ3) is 7.97. The van der Waals surface area contributed by atoms with Crippen LogP contribution in [0.25, 0.3) is 0 Å². The van der Waals surface area contributed by atoms with Crippen LogP contribution in [-0.2, 0) is 11.2 Å². The number of nitrogens with zero attached hydrogens (tertiary/aromatic N) is 3. The number of benzene rings is 3. The Bertz CT molecular complexity index is 1370. The van der Waals surface area contributed by atoms with E-state index in [9.17, 15) is 9.59 Å². The van der Waals surface area contributed by atoms with Gasteiger partial charge in [-0.2, -0.15) is 5.10 Å². The first-order valence-corrected chi connectivity index (χ1v) is 12.3. The number of carbonyl (C=O) groups is 2. The number of amides is 2. The van der Waals surface area contributed by atoms with Gasteiger partial charge in [0.15, 0.2) is 0 Å². The lowest BCUT2D eigenvalue weighted by molar-refractivity contribution is -0.120. The molecule has 0 bridgehead atoms. The predicted octanol–water partition coefficient (Wildman–Crippen LogP) is 4.25. The van der Waals surface area contributed by atoms with Crippen molar-refractivity contribution in [3.63, 3.8) is 0 Å². The van der Waals surface area contributed by atoms with Gasteiger partial charge in [0.2, 0.25) is 11.0 Å². The highest BCUT2D eigenvalue weighted by atomic mass is 32.1. The molecule has 188 valence electrons. The quantitative estimate of drug-likeness (QED) is 0.175. The van der Waals surface area contributed by atoms with Crippen LogP contribution < -0.4 is 20.2 Å². The summed E-state index contributed by atoms with van der Waals surface area (Å²) in [6.07, 6.45) is 1.51. The fourth-order valence-electron chi connectivity index (χ4n) is 3.24. The fraction of sp³-hybridized carbons (Fsp3) is 0.148. The molecule has 0 aliphatic heterocycles. The molecular weight excluding hydrogens is 490 g/mol. The first-order chi connectivity index (χ1) is 18.1. The molecule has 0 radical (unpaired) electrons. The van der Waals surface area contributed by atoms with E-state index < -0.39 is 0 Å². The molecule has 0 aliphatic rings. The van der Waals surface area contributed by atoms with Crippen molar-refractivity contribution in [2.45, 2.75) is 13.3 Å². The SMILES string of the molecule is Cc1ccccc1C(=O)Nc1nnc(CC(=O)NN=Cc2cccc(OCCOc3ccccc3)c2)s1. The first kappa shape index (κ1) is 25.5. The van der Waals surface area contributed by atoms with E-state index in [0.717, 1.165) is 28.2 Å². The molecule has 0 aliphatic carbocycles. The van der Waals surface area contributed by atoms with E-state index in [1.54, 1.807) is 12.1 Å². The van der Waals surface area contributed by atoms with Gasteiger partial charge in [-0.25, -0.2) is 5.43 Å². The number of aromatic nitrogens is 2. The molecule has 2 amide bonds. The van der Waals surface area contributed by atoms with E-state index >= 15 is 0 Å². The number of hydrazone groups is 1. The van der Waals surface area contributed by atoms with Crippen molar-refractivity contribution in [2.24, 2.45) is 5.10 Å². The summed E-state index contributed by atoms with van der Waals surface area (Å²) in [6.45, 7) is 2.67. The second kappa shape index (κ2) is 12.9. The summed E-state index contributed by atoms with van der Waals surface area (Å²) >= 11 is 1.14. The van der Waals surface area contributed by atoms with Crippen molar-refractivity contribution in [1.82, 2.24) is 15.6 Å². The van der Waals surface area contributed by atoms with E-state index in [2.05, 4.69) is 26.0 Å². The highest BCUT2D eigenvalue weighted by Crippen LogP contribution is 2.18. The number of ether oxygens (including phenoxy) is 2. The van der Waals surface area contributed by atoms with E-state index in [1.165, 1.54) is 6.21 Å². The zero-order chi connectivity index (χ0) is 25.9. The van der Waals surface area contributed by atoms with E-state index in [0.29, 0.717) is 34.7 Å². The topological polar surface area (TPSA) is 115 Å². The monoisotopic (exact) mass is 515 g/mol. The van der Waals surface area contributed by atoms with Gasteiger partial charge >= 0.3 is 0 Å². The average Bonchev–Trinajstić information content (AvgIpc) is 3.34. The van der Waals surface area contributed by atoms with Crippen LogP contribution in [0.3, 0.4) is 0 Å². The van der Waals surface area contributed by atoms with Crippen LogP contribution >= 0.6 is 11.3 Å². The summed E-state index contributed by atoms with van der Waals surface area (Å²) < 4.78 is 11.3. The maximum Gasteiger partial charge on any atom is 0.257 e. The van der Waals surface area contributed by atoms with E-state index in [1.807, 2.05) is 73.7 Å². The van der Waals surface area contributed by atoms with Crippen LogP contribution in [0.1, 0.15) is 26.5 Å². The van der Waals surface area contributed by atoms with Crippen LogP contribution in [-0.4, -0.2) is 41.4 Å². The highest BCUT2D eigenvalue weighted by molar-refractivity contribution is 7.15. The second-order valence-corrected chi connectivity index (χ2v) is 8.88. The molecule has 4 aromatic rings. The Balaban J connectivity index is 1.21. The van der Waals surface area contributed by atoms with Gasteiger partial charge in [-0.3, -0.25) is 14.9 Å². The van der Waals surface area contributed by atoms with Gasteiger partial charge in [0.1, 0.15) is 29.7 Å². The number of anilines is 1. The molecule has 0 unspecified atom stereocenters. The summed E-state index contributed by atoms with van der Waals surface area (Å²) in [5.41, 5.74) is 4.65. The fourth-order valence-corrected chi connectivity index (χ4v) is 3.98. The van der Waals surface area contributed by atoms with Gasteiger partial charge in [0, 0.05) is 5.56 Å². The molecule has 10 heteroatoms.